The number of nitro groups is 1. The van der Waals surface area contributed by atoms with Gasteiger partial charge >= 0.3 is 5.97 Å². The average Bonchev–Trinajstić information content (AvgIpc) is 2.39. The van der Waals surface area contributed by atoms with Crippen molar-refractivity contribution in [2.75, 3.05) is 11.9 Å². The molecule has 110 valence electrons. The van der Waals surface area contributed by atoms with Crippen LogP contribution in [0, 0.1) is 22.5 Å². The predicted octanol–water partition coefficient (Wildman–Crippen LogP) is 3.21. The first-order chi connectivity index (χ1) is 9.34. The van der Waals surface area contributed by atoms with Gasteiger partial charge in [-0.15, -0.1) is 0 Å². The molecule has 6 nitrogen and oxygen atoms in total. The van der Waals surface area contributed by atoms with Gasteiger partial charge < -0.3 is 10.4 Å². The fraction of sp³-hybridized carbons (Fsp3) is 0.500. The van der Waals surface area contributed by atoms with Crippen molar-refractivity contribution < 1.29 is 14.8 Å². The van der Waals surface area contributed by atoms with Crippen molar-refractivity contribution in [3.63, 3.8) is 0 Å². The molecule has 0 aliphatic rings. The van der Waals surface area contributed by atoms with Crippen LogP contribution in [0.5, 0.6) is 0 Å². The molecule has 0 aromatic heterocycles. The van der Waals surface area contributed by atoms with Gasteiger partial charge in [-0.05, 0) is 31.4 Å². The number of carboxylic acids is 1. The predicted molar refractivity (Wildman–Crippen MR) is 77.0 cm³/mol. The number of aryl methyl sites for hydroxylation is 1. The lowest BCUT2D eigenvalue weighted by Gasteiger charge is -2.27. The van der Waals surface area contributed by atoms with Crippen LogP contribution in [-0.2, 0) is 4.79 Å². The summed E-state index contributed by atoms with van der Waals surface area (Å²) in [6.45, 7) is 5.67. The van der Waals surface area contributed by atoms with Crippen LogP contribution in [0.4, 0.5) is 11.4 Å². The Morgan fingerprint density at radius 1 is 1.35 bits per heavy atom. The highest BCUT2D eigenvalue weighted by Crippen LogP contribution is 2.28. The zero-order valence-corrected chi connectivity index (χ0v) is 12.0. The van der Waals surface area contributed by atoms with Gasteiger partial charge in [-0.3, -0.25) is 14.9 Å². The van der Waals surface area contributed by atoms with Gasteiger partial charge in [0.2, 0.25) is 0 Å². The molecule has 0 bridgehead atoms. The number of anilines is 1. The van der Waals surface area contributed by atoms with E-state index in [1.54, 1.807) is 13.0 Å². The van der Waals surface area contributed by atoms with Gasteiger partial charge in [0.25, 0.3) is 5.69 Å². The number of carbonyl (C=O) groups is 1. The molecule has 20 heavy (non-hydrogen) atoms. The van der Waals surface area contributed by atoms with Gasteiger partial charge in [0.1, 0.15) is 0 Å². The highest BCUT2D eigenvalue weighted by molar-refractivity contribution is 5.75. The Balaban J connectivity index is 2.94. The quantitative estimate of drug-likeness (QED) is 0.591. The minimum Gasteiger partial charge on any atom is -0.481 e. The van der Waals surface area contributed by atoms with Crippen LogP contribution >= 0.6 is 0 Å². The molecule has 0 heterocycles. The van der Waals surface area contributed by atoms with E-state index in [1.165, 1.54) is 12.1 Å². The molecule has 1 aromatic rings. The molecule has 0 spiro atoms. The van der Waals surface area contributed by atoms with Crippen LogP contribution in [0.1, 0.15) is 32.3 Å². The molecule has 1 rings (SSSR count). The Labute approximate surface area is 118 Å². The number of nitrogens with one attached hydrogen (secondary N) is 1. The normalized spacial score (nSPS) is 11.2. The lowest BCUT2D eigenvalue weighted by Crippen LogP contribution is -2.36. The molecule has 0 saturated carbocycles. The average molecular weight is 280 g/mol. The van der Waals surface area contributed by atoms with E-state index in [0.29, 0.717) is 18.5 Å². The van der Waals surface area contributed by atoms with Crippen molar-refractivity contribution in [2.24, 2.45) is 5.41 Å². The molecule has 0 aliphatic heterocycles. The van der Waals surface area contributed by atoms with E-state index in [9.17, 15) is 20.0 Å². The first-order valence-electron chi connectivity index (χ1n) is 6.58. The van der Waals surface area contributed by atoms with Crippen molar-refractivity contribution >= 4 is 17.3 Å². The van der Waals surface area contributed by atoms with Gasteiger partial charge in [0, 0.05) is 24.4 Å². The molecule has 0 aliphatic carbocycles. The molecule has 0 radical (unpaired) electrons. The van der Waals surface area contributed by atoms with Crippen molar-refractivity contribution in [2.45, 2.75) is 33.6 Å². The van der Waals surface area contributed by atoms with Crippen LogP contribution < -0.4 is 5.32 Å². The summed E-state index contributed by atoms with van der Waals surface area (Å²) in [6, 6.07) is 4.67. The van der Waals surface area contributed by atoms with Crippen molar-refractivity contribution in [3.05, 3.63) is 33.9 Å². The summed E-state index contributed by atoms with van der Waals surface area (Å²) >= 11 is 0. The van der Waals surface area contributed by atoms with E-state index in [-0.39, 0.29) is 12.2 Å². The lowest BCUT2D eigenvalue weighted by atomic mass is 9.82. The van der Waals surface area contributed by atoms with Gasteiger partial charge in [-0.2, -0.15) is 0 Å². The van der Waals surface area contributed by atoms with E-state index in [0.717, 1.165) is 5.56 Å². The molecule has 0 atom stereocenters. The van der Waals surface area contributed by atoms with E-state index in [2.05, 4.69) is 5.32 Å². The van der Waals surface area contributed by atoms with Gasteiger partial charge in [-0.25, -0.2) is 0 Å². The number of carboxylic acid groups (broad SMARTS) is 1. The van der Waals surface area contributed by atoms with E-state index in [4.69, 9.17) is 0 Å². The van der Waals surface area contributed by atoms with Crippen LogP contribution in [0.25, 0.3) is 0 Å². The zero-order valence-electron chi connectivity index (χ0n) is 12.0. The topological polar surface area (TPSA) is 92.5 Å². The summed E-state index contributed by atoms with van der Waals surface area (Å²) in [5.41, 5.74) is 0.486. The van der Waals surface area contributed by atoms with Gasteiger partial charge in [-0.1, -0.05) is 13.8 Å². The number of hydrogen-bond donors (Lipinski definition) is 2. The Bertz CT molecular complexity index is 510. The number of nitrogens with zero attached hydrogens (tertiary/aromatic N) is 1. The molecule has 6 heteroatoms. The van der Waals surface area contributed by atoms with E-state index < -0.39 is 16.3 Å². The monoisotopic (exact) mass is 280 g/mol. The number of hydrogen-bond acceptors (Lipinski definition) is 4. The largest absolute Gasteiger partial charge is 0.481 e. The summed E-state index contributed by atoms with van der Waals surface area (Å²) in [4.78, 5) is 21.8. The maximum absolute atomic E-state index is 11.4. The SMILES string of the molecule is CCC(CC)(CNc1cc(C)cc([N+](=O)[O-])c1)C(=O)O. The highest BCUT2D eigenvalue weighted by atomic mass is 16.6. The van der Waals surface area contributed by atoms with Crippen molar-refractivity contribution in [1.29, 1.82) is 0 Å². The van der Waals surface area contributed by atoms with Gasteiger partial charge in [0.15, 0.2) is 0 Å². The molecule has 0 fully saturated rings. The fourth-order valence-corrected chi connectivity index (χ4v) is 2.12. The molecule has 0 amide bonds. The lowest BCUT2D eigenvalue weighted by molar-refractivity contribution is -0.384. The smallest absolute Gasteiger partial charge is 0.311 e. The molecular weight excluding hydrogens is 260 g/mol. The summed E-state index contributed by atoms with van der Waals surface area (Å²) in [5.74, 6) is -0.850. The first-order valence-corrected chi connectivity index (χ1v) is 6.58. The number of benzene rings is 1. The first kappa shape index (κ1) is 15.9. The van der Waals surface area contributed by atoms with Crippen molar-refractivity contribution in [3.8, 4) is 0 Å². The molecule has 1 aromatic carbocycles. The second-order valence-corrected chi connectivity index (χ2v) is 4.96. The number of non-ortho nitro benzene ring substituents is 1. The summed E-state index contributed by atoms with van der Waals surface area (Å²) in [7, 11) is 0. The number of aliphatic carboxylic acids is 1. The Morgan fingerprint density at radius 2 is 1.95 bits per heavy atom. The summed E-state index contributed by atoms with van der Waals surface area (Å²) in [6.07, 6.45) is 0.999. The van der Waals surface area contributed by atoms with E-state index in [1.807, 2.05) is 13.8 Å². The molecule has 2 N–H and O–H groups in total. The Kier molecular flexibility index (Phi) is 5.07. The van der Waals surface area contributed by atoms with Crippen LogP contribution in [-0.4, -0.2) is 22.5 Å². The Morgan fingerprint density at radius 3 is 2.40 bits per heavy atom. The standard InChI is InChI=1S/C14H20N2O4/c1-4-14(5-2,13(17)18)9-15-11-6-10(3)7-12(8-11)16(19)20/h6-8,15H,4-5,9H2,1-3H3,(H,17,18). The second kappa shape index (κ2) is 6.36. The van der Waals surface area contributed by atoms with E-state index >= 15 is 0 Å². The molecule has 0 saturated heterocycles. The van der Waals surface area contributed by atoms with Crippen molar-refractivity contribution in [1.82, 2.24) is 0 Å². The maximum atomic E-state index is 11.4. The molecule has 0 unspecified atom stereocenters. The third kappa shape index (κ3) is 3.46. The maximum Gasteiger partial charge on any atom is 0.311 e. The minimum atomic E-state index is -0.850. The number of rotatable bonds is 7. The van der Waals surface area contributed by atoms with Crippen LogP contribution in [0.3, 0.4) is 0 Å². The second-order valence-electron chi connectivity index (χ2n) is 4.96. The minimum absolute atomic E-state index is 0.00132. The molecular formula is C14H20N2O4. The number of nitro benzene ring substituents is 1. The van der Waals surface area contributed by atoms with Crippen LogP contribution in [0.2, 0.25) is 0 Å². The third-order valence-corrected chi connectivity index (χ3v) is 3.71. The summed E-state index contributed by atoms with van der Waals surface area (Å²) in [5, 5.41) is 23.2. The zero-order chi connectivity index (χ0) is 15.3. The van der Waals surface area contributed by atoms with Gasteiger partial charge in [0.05, 0.1) is 10.3 Å². The Hall–Kier alpha value is -2.11. The highest BCUT2D eigenvalue weighted by Gasteiger charge is 2.34. The van der Waals surface area contributed by atoms with Crippen LogP contribution in [0.15, 0.2) is 18.2 Å². The third-order valence-electron chi connectivity index (χ3n) is 3.71. The fourth-order valence-electron chi connectivity index (χ4n) is 2.12. The summed E-state index contributed by atoms with van der Waals surface area (Å²) < 4.78 is 0.